The summed E-state index contributed by atoms with van der Waals surface area (Å²) in [5.74, 6) is 2.79. The van der Waals surface area contributed by atoms with E-state index in [0.29, 0.717) is 0 Å². The SMILES string of the molecule is Cc1nnnn1CCCN1C[C@H](C2CC2)[C@@H](N(C)C)C1.Cl.Cl. The minimum absolute atomic E-state index is 0. The maximum atomic E-state index is 4.01. The first-order chi connectivity index (χ1) is 9.65. The second kappa shape index (κ2) is 8.43. The molecule has 0 unspecified atom stereocenters. The molecule has 128 valence electrons. The Hall–Kier alpha value is -0.430. The van der Waals surface area contributed by atoms with Gasteiger partial charge in [-0.25, -0.2) is 4.68 Å². The Labute approximate surface area is 145 Å². The van der Waals surface area contributed by atoms with Crippen molar-refractivity contribution < 1.29 is 0 Å². The van der Waals surface area contributed by atoms with Gasteiger partial charge < -0.3 is 9.80 Å². The number of likely N-dealkylation sites (N-methyl/N-ethyl adjacent to an activating group) is 1. The molecule has 1 saturated heterocycles. The van der Waals surface area contributed by atoms with E-state index in [-0.39, 0.29) is 24.8 Å². The average molecular weight is 351 g/mol. The molecule has 1 aliphatic heterocycles. The van der Waals surface area contributed by atoms with Crippen molar-refractivity contribution in [2.45, 2.75) is 38.8 Å². The summed E-state index contributed by atoms with van der Waals surface area (Å²) in [6, 6.07) is 0.747. The standard InChI is InChI=1S/C14H26N6.2ClH/c1-11-15-16-17-20(11)8-4-7-19-9-13(12-5-6-12)14(10-19)18(2)3;;/h12-14H,4-10H2,1-3H3;2*1H/t13-,14+;;/m1../s1. The van der Waals surface area contributed by atoms with Crippen LogP contribution in [0.1, 0.15) is 25.1 Å². The van der Waals surface area contributed by atoms with Gasteiger partial charge in [-0.05, 0) is 69.1 Å². The molecule has 0 radical (unpaired) electrons. The van der Waals surface area contributed by atoms with E-state index in [2.05, 4.69) is 39.4 Å². The first kappa shape index (κ1) is 19.6. The van der Waals surface area contributed by atoms with Crippen LogP contribution in [0.5, 0.6) is 0 Å². The van der Waals surface area contributed by atoms with E-state index >= 15 is 0 Å². The highest BCUT2D eigenvalue weighted by Crippen LogP contribution is 2.42. The van der Waals surface area contributed by atoms with Crippen LogP contribution in [0.3, 0.4) is 0 Å². The summed E-state index contributed by atoms with van der Waals surface area (Å²) in [6.45, 7) is 6.55. The van der Waals surface area contributed by atoms with E-state index < -0.39 is 0 Å². The first-order valence-electron chi connectivity index (χ1n) is 7.76. The van der Waals surface area contributed by atoms with Gasteiger partial charge in [0.15, 0.2) is 0 Å². The molecule has 8 heteroatoms. The third-order valence-corrected chi connectivity index (χ3v) is 4.85. The number of tetrazole rings is 1. The van der Waals surface area contributed by atoms with Gasteiger partial charge in [0.1, 0.15) is 5.82 Å². The van der Waals surface area contributed by atoms with Crippen molar-refractivity contribution in [1.29, 1.82) is 0 Å². The lowest BCUT2D eigenvalue weighted by Crippen LogP contribution is -2.36. The van der Waals surface area contributed by atoms with E-state index in [1.54, 1.807) is 0 Å². The lowest BCUT2D eigenvalue weighted by atomic mass is 9.97. The minimum Gasteiger partial charge on any atom is -0.305 e. The predicted molar refractivity (Wildman–Crippen MR) is 91.8 cm³/mol. The molecule has 3 rings (SSSR count). The molecule has 2 fully saturated rings. The van der Waals surface area contributed by atoms with Crippen molar-refractivity contribution in [3.8, 4) is 0 Å². The van der Waals surface area contributed by atoms with Crippen LogP contribution in [0.4, 0.5) is 0 Å². The Bertz CT molecular complexity index is 438. The van der Waals surface area contributed by atoms with Crippen LogP contribution in [-0.2, 0) is 6.54 Å². The highest BCUT2D eigenvalue weighted by Gasteiger charge is 2.42. The molecule has 0 bridgehead atoms. The molecule has 1 aliphatic carbocycles. The van der Waals surface area contributed by atoms with Gasteiger partial charge in [-0.15, -0.1) is 29.9 Å². The molecule has 0 amide bonds. The second-order valence-corrected chi connectivity index (χ2v) is 6.59. The van der Waals surface area contributed by atoms with Gasteiger partial charge in [-0.2, -0.15) is 0 Å². The van der Waals surface area contributed by atoms with Crippen LogP contribution >= 0.6 is 24.8 Å². The van der Waals surface area contributed by atoms with E-state index in [4.69, 9.17) is 0 Å². The molecule has 1 aromatic heterocycles. The predicted octanol–water partition coefficient (Wildman–Crippen LogP) is 1.49. The summed E-state index contributed by atoms with van der Waals surface area (Å²) >= 11 is 0. The van der Waals surface area contributed by atoms with E-state index in [9.17, 15) is 0 Å². The fourth-order valence-corrected chi connectivity index (χ4v) is 3.51. The molecule has 2 aliphatic rings. The Balaban J connectivity index is 0.00000121. The van der Waals surface area contributed by atoms with Crippen LogP contribution in [0.2, 0.25) is 0 Å². The lowest BCUT2D eigenvalue weighted by molar-refractivity contribution is 0.233. The third kappa shape index (κ3) is 4.54. The molecule has 2 atom stereocenters. The fourth-order valence-electron chi connectivity index (χ4n) is 3.51. The number of nitrogens with zero attached hydrogens (tertiary/aromatic N) is 6. The zero-order valence-corrected chi connectivity index (χ0v) is 15.3. The average Bonchev–Trinajstić information content (AvgIpc) is 3.04. The Kier molecular flexibility index (Phi) is 7.52. The van der Waals surface area contributed by atoms with Gasteiger partial charge in [0.25, 0.3) is 0 Å². The summed E-state index contributed by atoms with van der Waals surface area (Å²) in [5, 5.41) is 11.6. The van der Waals surface area contributed by atoms with Gasteiger partial charge in [0, 0.05) is 25.7 Å². The summed E-state index contributed by atoms with van der Waals surface area (Å²) in [4.78, 5) is 5.06. The monoisotopic (exact) mass is 350 g/mol. The van der Waals surface area contributed by atoms with Crippen molar-refractivity contribution in [2.75, 3.05) is 33.7 Å². The van der Waals surface area contributed by atoms with Crippen LogP contribution < -0.4 is 0 Å². The van der Waals surface area contributed by atoms with Crippen molar-refractivity contribution in [2.24, 2.45) is 11.8 Å². The molecule has 0 N–H and O–H groups in total. The molecule has 0 aromatic carbocycles. The first-order valence-corrected chi connectivity index (χ1v) is 7.76. The van der Waals surface area contributed by atoms with Gasteiger partial charge in [-0.1, -0.05) is 0 Å². The molecule has 22 heavy (non-hydrogen) atoms. The van der Waals surface area contributed by atoms with E-state index in [0.717, 1.165) is 43.2 Å². The topological polar surface area (TPSA) is 50.1 Å². The van der Waals surface area contributed by atoms with Gasteiger partial charge >= 0.3 is 0 Å². The van der Waals surface area contributed by atoms with Crippen LogP contribution in [0.25, 0.3) is 0 Å². The number of halogens is 2. The van der Waals surface area contributed by atoms with E-state index in [1.165, 1.54) is 25.9 Å². The van der Waals surface area contributed by atoms with Gasteiger partial charge in [-0.3, -0.25) is 0 Å². The van der Waals surface area contributed by atoms with Gasteiger partial charge in [0.05, 0.1) is 0 Å². The normalized spacial score (nSPS) is 25.1. The van der Waals surface area contributed by atoms with Crippen molar-refractivity contribution in [3.05, 3.63) is 5.82 Å². The fraction of sp³-hybridized carbons (Fsp3) is 0.929. The minimum atomic E-state index is 0. The summed E-state index contributed by atoms with van der Waals surface area (Å²) in [6.07, 6.45) is 4.03. The zero-order chi connectivity index (χ0) is 14.1. The number of hydrogen-bond acceptors (Lipinski definition) is 5. The van der Waals surface area contributed by atoms with Crippen molar-refractivity contribution in [1.82, 2.24) is 30.0 Å². The van der Waals surface area contributed by atoms with Crippen LogP contribution in [0, 0.1) is 18.8 Å². The summed E-state index contributed by atoms with van der Waals surface area (Å²) < 4.78 is 1.90. The molecular weight excluding hydrogens is 323 g/mol. The van der Waals surface area contributed by atoms with Crippen LogP contribution in [-0.4, -0.2) is 69.8 Å². The molecule has 0 spiro atoms. The largest absolute Gasteiger partial charge is 0.305 e. The summed E-state index contributed by atoms with van der Waals surface area (Å²) in [5.41, 5.74) is 0. The Morgan fingerprint density at radius 1 is 1.14 bits per heavy atom. The highest BCUT2D eigenvalue weighted by molar-refractivity contribution is 5.85. The number of hydrogen-bond donors (Lipinski definition) is 0. The third-order valence-electron chi connectivity index (χ3n) is 4.85. The molecular formula is C14H28Cl2N6. The van der Waals surface area contributed by atoms with Crippen molar-refractivity contribution >= 4 is 24.8 Å². The highest BCUT2D eigenvalue weighted by atomic mass is 35.5. The molecule has 1 saturated carbocycles. The molecule has 6 nitrogen and oxygen atoms in total. The van der Waals surface area contributed by atoms with Gasteiger partial charge in [0.2, 0.25) is 0 Å². The zero-order valence-electron chi connectivity index (χ0n) is 13.7. The number of likely N-dealkylation sites (tertiary alicyclic amines) is 1. The lowest BCUT2D eigenvalue weighted by Gasteiger charge is -2.25. The quantitative estimate of drug-likeness (QED) is 0.777. The number of aromatic nitrogens is 4. The smallest absolute Gasteiger partial charge is 0.148 e. The second-order valence-electron chi connectivity index (χ2n) is 6.59. The maximum absolute atomic E-state index is 4.01. The molecule has 1 aromatic rings. The van der Waals surface area contributed by atoms with Crippen molar-refractivity contribution in [3.63, 3.8) is 0 Å². The molecule has 2 heterocycles. The maximum Gasteiger partial charge on any atom is 0.148 e. The summed E-state index contributed by atoms with van der Waals surface area (Å²) in [7, 11) is 4.46. The number of rotatable bonds is 6. The van der Waals surface area contributed by atoms with E-state index in [1.807, 2.05) is 11.6 Å². The number of aryl methyl sites for hydroxylation is 2. The Morgan fingerprint density at radius 2 is 1.86 bits per heavy atom. The Morgan fingerprint density at radius 3 is 2.41 bits per heavy atom. The van der Waals surface area contributed by atoms with Crippen LogP contribution in [0.15, 0.2) is 0 Å².